The zero-order chi connectivity index (χ0) is 14.6. The molecule has 1 aromatic rings. The van der Waals surface area contributed by atoms with Gasteiger partial charge in [0, 0.05) is 13.5 Å². The number of rotatable bonds is 5. The molecular weight excluding hydrogens is 242 g/mol. The molecule has 1 N–H and O–H groups in total. The Labute approximate surface area is 114 Å². The zero-order valence-corrected chi connectivity index (χ0v) is 11.9. The highest BCUT2D eigenvalue weighted by Crippen LogP contribution is 2.29. The summed E-state index contributed by atoms with van der Waals surface area (Å²) >= 11 is 0. The van der Waals surface area contributed by atoms with Crippen molar-refractivity contribution in [2.45, 2.75) is 39.7 Å². The lowest BCUT2D eigenvalue weighted by molar-refractivity contribution is -0.158. The molecule has 0 bridgehead atoms. The summed E-state index contributed by atoms with van der Waals surface area (Å²) in [6, 6.07) is 7.27. The van der Waals surface area contributed by atoms with Crippen LogP contribution in [-0.4, -0.2) is 28.4 Å². The molecule has 0 fully saturated rings. The molecular formula is C15H21NO3. The van der Waals surface area contributed by atoms with Crippen molar-refractivity contribution in [3.05, 3.63) is 35.4 Å². The summed E-state index contributed by atoms with van der Waals surface area (Å²) in [7, 11) is 0. The molecule has 1 amide bonds. The molecule has 0 aliphatic heterocycles. The number of nitrogens with zero attached hydrogens (tertiary/aromatic N) is 1. The molecule has 0 spiro atoms. The van der Waals surface area contributed by atoms with E-state index in [2.05, 4.69) is 0 Å². The van der Waals surface area contributed by atoms with Crippen molar-refractivity contribution >= 4 is 11.9 Å². The van der Waals surface area contributed by atoms with Crippen LogP contribution in [0, 0.1) is 6.92 Å². The first-order chi connectivity index (χ1) is 8.83. The number of hydrogen-bond acceptors (Lipinski definition) is 2. The van der Waals surface area contributed by atoms with Crippen molar-refractivity contribution in [3.8, 4) is 0 Å². The summed E-state index contributed by atoms with van der Waals surface area (Å²) in [5.74, 6) is -1.24. The van der Waals surface area contributed by atoms with Crippen LogP contribution in [0.1, 0.15) is 38.3 Å². The molecule has 0 aromatic heterocycles. The van der Waals surface area contributed by atoms with E-state index in [9.17, 15) is 14.7 Å². The van der Waals surface area contributed by atoms with Crippen molar-refractivity contribution in [3.63, 3.8) is 0 Å². The van der Waals surface area contributed by atoms with Gasteiger partial charge in [0.25, 0.3) is 0 Å². The highest BCUT2D eigenvalue weighted by atomic mass is 16.4. The van der Waals surface area contributed by atoms with E-state index in [1.54, 1.807) is 19.1 Å². The van der Waals surface area contributed by atoms with Gasteiger partial charge in [-0.2, -0.15) is 0 Å². The number of hydrogen-bond donors (Lipinski definition) is 1. The second-order valence-electron chi connectivity index (χ2n) is 4.91. The van der Waals surface area contributed by atoms with Crippen LogP contribution in [0.3, 0.4) is 0 Å². The maximum Gasteiger partial charge on any atom is 0.334 e. The lowest BCUT2D eigenvalue weighted by atomic mass is 9.89. The number of benzene rings is 1. The molecule has 0 saturated carbocycles. The van der Waals surface area contributed by atoms with Crippen molar-refractivity contribution in [2.75, 3.05) is 6.54 Å². The van der Waals surface area contributed by atoms with Gasteiger partial charge in [-0.15, -0.1) is 0 Å². The topological polar surface area (TPSA) is 57.6 Å². The number of amides is 1. The van der Waals surface area contributed by atoms with Crippen LogP contribution in [0.25, 0.3) is 0 Å². The molecule has 0 saturated heterocycles. The van der Waals surface area contributed by atoms with Gasteiger partial charge in [0.05, 0.1) is 0 Å². The van der Waals surface area contributed by atoms with E-state index in [0.717, 1.165) is 5.56 Å². The predicted octanol–water partition coefficient (Wildman–Crippen LogP) is 2.55. The number of aliphatic carboxylic acids is 1. The normalized spacial score (nSPS) is 13.7. The minimum Gasteiger partial charge on any atom is -0.479 e. The van der Waals surface area contributed by atoms with Crippen LogP contribution < -0.4 is 0 Å². The van der Waals surface area contributed by atoms with Gasteiger partial charge in [0.2, 0.25) is 5.91 Å². The molecule has 1 aromatic carbocycles. The third-order valence-electron chi connectivity index (χ3n) is 3.40. The lowest BCUT2D eigenvalue weighted by Gasteiger charge is -2.37. The van der Waals surface area contributed by atoms with E-state index < -0.39 is 11.5 Å². The van der Waals surface area contributed by atoms with Crippen molar-refractivity contribution in [2.24, 2.45) is 0 Å². The Kier molecular flexibility index (Phi) is 4.70. The van der Waals surface area contributed by atoms with Crippen molar-refractivity contribution in [1.82, 2.24) is 4.90 Å². The number of aryl methyl sites for hydroxylation is 1. The van der Waals surface area contributed by atoms with Crippen molar-refractivity contribution < 1.29 is 14.7 Å². The third kappa shape index (κ3) is 2.95. The molecule has 1 unspecified atom stereocenters. The summed E-state index contributed by atoms with van der Waals surface area (Å²) < 4.78 is 0. The maximum absolute atomic E-state index is 11.8. The minimum absolute atomic E-state index is 0.229. The van der Waals surface area contributed by atoms with E-state index in [4.69, 9.17) is 0 Å². The second kappa shape index (κ2) is 5.87. The highest BCUT2D eigenvalue weighted by molar-refractivity contribution is 5.87. The molecule has 0 aliphatic carbocycles. The van der Waals surface area contributed by atoms with Gasteiger partial charge in [-0.1, -0.05) is 36.8 Å². The third-order valence-corrected chi connectivity index (χ3v) is 3.40. The molecule has 4 heteroatoms. The standard InChI is InChI=1S/C15H21NO3/c1-5-10-16(12(3)17)15(4,14(18)19)13-8-6-11(2)7-9-13/h6-9H,5,10H2,1-4H3,(H,18,19). The summed E-state index contributed by atoms with van der Waals surface area (Å²) in [5.41, 5.74) is 0.353. The smallest absolute Gasteiger partial charge is 0.334 e. The maximum atomic E-state index is 11.8. The predicted molar refractivity (Wildman–Crippen MR) is 73.8 cm³/mol. The highest BCUT2D eigenvalue weighted by Gasteiger charge is 2.42. The van der Waals surface area contributed by atoms with Crippen LogP contribution in [0.4, 0.5) is 0 Å². The SMILES string of the molecule is CCCN(C(C)=O)C(C)(C(=O)O)c1ccc(C)cc1. The van der Waals surface area contributed by atoms with E-state index in [0.29, 0.717) is 18.5 Å². The lowest BCUT2D eigenvalue weighted by Crippen LogP contribution is -2.52. The van der Waals surface area contributed by atoms with E-state index in [1.165, 1.54) is 11.8 Å². The zero-order valence-electron chi connectivity index (χ0n) is 11.9. The minimum atomic E-state index is -1.32. The fourth-order valence-corrected chi connectivity index (χ4v) is 2.19. The Balaban J connectivity index is 3.33. The molecule has 104 valence electrons. The first-order valence-corrected chi connectivity index (χ1v) is 6.42. The number of carbonyl (C=O) groups excluding carboxylic acids is 1. The first kappa shape index (κ1) is 15.2. The molecule has 0 radical (unpaired) electrons. The van der Waals surface area contributed by atoms with E-state index in [1.807, 2.05) is 26.0 Å². The Morgan fingerprint density at radius 1 is 1.26 bits per heavy atom. The molecule has 1 rings (SSSR count). The fraction of sp³-hybridized carbons (Fsp3) is 0.467. The Bertz CT molecular complexity index is 467. The van der Waals surface area contributed by atoms with Crippen LogP contribution >= 0.6 is 0 Å². The summed E-state index contributed by atoms with van der Waals surface area (Å²) in [6.07, 6.45) is 0.717. The van der Waals surface area contributed by atoms with Gasteiger partial charge in [0.1, 0.15) is 0 Å². The summed E-state index contributed by atoms with van der Waals surface area (Å²) in [5, 5.41) is 9.61. The average molecular weight is 263 g/mol. The first-order valence-electron chi connectivity index (χ1n) is 6.42. The molecule has 0 heterocycles. The summed E-state index contributed by atoms with van der Waals surface area (Å²) in [6.45, 7) is 7.28. The Morgan fingerprint density at radius 3 is 2.16 bits per heavy atom. The Hall–Kier alpha value is -1.84. The number of carboxylic acid groups (broad SMARTS) is 1. The number of carboxylic acids is 1. The van der Waals surface area contributed by atoms with Gasteiger partial charge >= 0.3 is 5.97 Å². The molecule has 4 nitrogen and oxygen atoms in total. The fourth-order valence-electron chi connectivity index (χ4n) is 2.19. The van der Waals surface area contributed by atoms with Crippen molar-refractivity contribution in [1.29, 1.82) is 0 Å². The van der Waals surface area contributed by atoms with Gasteiger partial charge in [0.15, 0.2) is 5.54 Å². The van der Waals surface area contributed by atoms with Crippen LogP contribution in [0.2, 0.25) is 0 Å². The van der Waals surface area contributed by atoms with E-state index in [-0.39, 0.29) is 5.91 Å². The summed E-state index contributed by atoms with van der Waals surface area (Å²) in [4.78, 5) is 24.9. The number of carbonyl (C=O) groups is 2. The van der Waals surface area contributed by atoms with Gasteiger partial charge in [-0.05, 0) is 25.8 Å². The molecule has 0 aliphatic rings. The average Bonchev–Trinajstić information content (AvgIpc) is 2.35. The largest absolute Gasteiger partial charge is 0.479 e. The van der Waals surface area contributed by atoms with Gasteiger partial charge in [-0.3, -0.25) is 4.79 Å². The van der Waals surface area contributed by atoms with Crippen LogP contribution in [0.15, 0.2) is 24.3 Å². The van der Waals surface area contributed by atoms with E-state index >= 15 is 0 Å². The molecule has 1 atom stereocenters. The Morgan fingerprint density at radius 2 is 1.79 bits per heavy atom. The second-order valence-corrected chi connectivity index (χ2v) is 4.91. The monoisotopic (exact) mass is 263 g/mol. The van der Waals surface area contributed by atoms with Crippen LogP contribution in [0.5, 0.6) is 0 Å². The quantitative estimate of drug-likeness (QED) is 0.888. The van der Waals surface area contributed by atoms with Gasteiger partial charge < -0.3 is 10.0 Å². The van der Waals surface area contributed by atoms with Gasteiger partial charge in [-0.25, -0.2) is 4.79 Å². The van der Waals surface area contributed by atoms with Crippen LogP contribution in [-0.2, 0) is 15.1 Å². The molecule has 19 heavy (non-hydrogen) atoms.